The van der Waals surface area contributed by atoms with Crippen molar-refractivity contribution in [1.82, 2.24) is 0 Å². The fraction of sp³-hybridized carbons (Fsp3) is 0.200. The minimum atomic E-state index is -3.57. The average molecular weight is 326 g/mol. The summed E-state index contributed by atoms with van der Waals surface area (Å²) in [4.78, 5) is 0.108. The Kier molecular flexibility index (Phi) is 4.75. The van der Waals surface area contributed by atoms with E-state index in [2.05, 4.69) is 0 Å². The number of anilines is 1. The van der Waals surface area contributed by atoms with Crippen LogP contribution < -0.4 is 10.5 Å². The van der Waals surface area contributed by atoms with Crippen molar-refractivity contribution in [3.8, 4) is 5.75 Å². The van der Waals surface area contributed by atoms with E-state index >= 15 is 0 Å². The number of halogens is 1. The highest BCUT2D eigenvalue weighted by atomic mass is 35.5. The van der Waals surface area contributed by atoms with Crippen LogP contribution in [0.15, 0.2) is 47.4 Å². The maximum Gasteiger partial charge on any atom is 0.184 e. The van der Waals surface area contributed by atoms with Gasteiger partial charge in [0.05, 0.1) is 22.3 Å². The van der Waals surface area contributed by atoms with Crippen LogP contribution in [0.2, 0.25) is 5.02 Å². The van der Waals surface area contributed by atoms with E-state index in [-0.39, 0.29) is 15.7 Å². The third-order valence-electron chi connectivity index (χ3n) is 2.90. The van der Waals surface area contributed by atoms with Gasteiger partial charge in [-0.3, -0.25) is 0 Å². The van der Waals surface area contributed by atoms with Crippen LogP contribution >= 0.6 is 11.6 Å². The molecule has 0 amide bonds. The Hall–Kier alpha value is -1.72. The fourth-order valence-corrected chi connectivity index (χ4v) is 3.92. The van der Waals surface area contributed by atoms with Crippen molar-refractivity contribution in [2.45, 2.75) is 17.6 Å². The van der Waals surface area contributed by atoms with E-state index in [1.165, 1.54) is 6.07 Å². The van der Waals surface area contributed by atoms with Gasteiger partial charge in [-0.1, -0.05) is 23.7 Å². The topological polar surface area (TPSA) is 69.4 Å². The molecule has 0 aliphatic heterocycles. The minimum Gasteiger partial charge on any atom is -0.494 e. The summed E-state index contributed by atoms with van der Waals surface area (Å²) >= 11 is 5.97. The lowest BCUT2D eigenvalue weighted by Gasteiger charge is -2.12. The predicted molar refractivity (Wildman–Crippen MR) is 84.4 cm³/mol. The molecular formula is C15H16ClNO3S. The number of hydrogen-bond acceptors (Lipinski definition) is 4. The first-order valence-electron chi connectivity index (χ1n) is 6.42. The maximum atomic E-state index is 12.5. The van der Waals surface area contributed by atoms with Gasteiger partial charge in [0.15, 0.2) is 9.84 Å². The van der Waals surface area contributed by atoms with Crippen LogP contribution in [0.5, 0.6) is 5.75 Å². The molecule has 0 bridgehead atoms. The Morgan fingerprint density at radius 2 is 1.90 bits per heavy atom. The number of ether oxygens (including phenoxy) is 1. The lowest BCUT2D eigenvalue weighted by Crippen LogP contribution is -2.08. The van der Waals surface area contributed by atoms with Gasteiger partial charge in [-0.15, -0.1) is 0 Å². The van der Waals surface area contributed by atoms with Crippen LogP contribution in [-0.2, 0) is 15.6 Å². The molecule has 0 saturated carbocycles. The fourth-order valence-electron chi connectivity index (χ4n) is 1.99. The van der Waals surface area contributed by atoms with Gasteiger partial charge in [0.1, 0.15) is 5.75 Å². The third-order valence-corrected chi connectivity index (χ3v) is 5.06. The summed E-state index contributed by atoms with van der Waals surface area (Å²) in [6.07, 6.45) is 0. The normalized spacial score (nSPS) is 11.3. The second-order valence-electron chi connectivity index (χ2n) is 4.49. The largest absolute Gasteiger partial charge is 0.494 e. The predicted octanol–water partition coefficient (Wildman–Crippen LogP) is 3.29. The summed E-state index contributed by atoms with van der Waals surface area (Å²) in [5.41, 5.74) is 6.75. The monoisotopic (exact) mass is 325 g/mol. The summed E-state index contributed by atoms with van der Waals surface area (Å²) in [5.74, 6) is 0.305. The van der Waals surface area contributed by atoms with Gasteiger partial charge < -0.3 is 10.5 Å². The van der Waals surface area contributed by atoms with Crippen LogP contribution in [0.3, 0.4) is 0 Å². The Balaban J connectivity index is 2.41. The molecule has 2 N–H and O–H groups in total. The second-order valence-corrected chi connectivity index (χ2v) is 6.85. The summed E-state index contributed by atoms with van der Waals surface area (Å²) in [6.45, 7) is 2.28. The van der Waals surface area contributed by atoms with Gasteiger partial charge in [0.2, 0.25) is 0 Å². The Labute approximate surface area is 129 Å². The molecule has 21 heavy (non-hydrogen) atoms. The van der Waals surface area contributed by atoms with Crippen molar-refractivity contribution in [2.75, 3.05) is 12.3 Å². The van der Waals surface area contributed by atoms with Crippen molar-refractivity contribution in [3.63, 3.8) is 0 Å². The van der Waals surface area contributed by atoms with Gasteiger partial charge in [-0.05, 0) is 37.3 Å². The molecule has 2 aromatic rings. The molecule has 0 spiro atoms. The first kappa shape index (κ1) is 15.7. The van der Waals surface area contributed by atoms with Crippen LogP contribution in [-0.4, -0.2) is 15.0 Å². The number of hydrogen-bond donors (Lipinski definition) is 1. The van der Waals surface area contributed by atoms with Gasteiger partial charge in [-0.2, -0.15) is 0 Å². The Bertz CT molecular complexity index is 744. The molecule has 6 heteroatoms. The Morgan fingerprint density at radius 1 is 1.19 bits per heavy atom. The smallest absolute Gasteiger partial charge is 0.184 e. The number of nitrogens with two attached hydrogens (primary N) is 1. The first-order chi connectivity index (χ1) is 9.94. The zero-order valence-corrected chi connectivity index (χ0v) is 13.1. The maximum absolute atomic E-state index is 12.5. The molecule has 2 aromatic carbocycles. The lowest BCUT2D eigenvalue weighted by atomic mass is 10.2. The zero-order valence-electron chi connectivity index (χ0n) is 11.5. The summed E-state index contributed by atoms with van der Waals surface area (Å²) in [5, 5.41) is 0.208. The third kappa shape index (κ3) is 3.68. The van der Waals surface area contributed by atoms with Crippen LogP contribution in [0, 0.1) is 0 Å². The molecule has 0 aliphatic rings. The molecule has 0 aliphatic carbocycles. The van der Waals surface area contributed by atoms with Gasteiger partial charge in [0.25, 0.3) is 0 Å². The standard InChI is InChI=1S/C15H16ClNO3S/c1-2-20-14-8-7-12(17)9-11(14)10-21(18,19)15-6-4-3-5-13(15)16/h3-9H,2,10,17H2,1H3. The zero-order chi connectivity index (χ0) is 15.5. The highest BCUT2D eigenvalue weighted by Gasteiger charge is 2.20. The molecule has 112 valence electrons. The summed E-state index contributed by atoms with van der Waals surface area (Å²) < 4.78 is 30.5. The summed E-state index contributed by atoms with van der Waals surface area (Å²) in [6, 6.07) is 11.3. The molecular weight excluding hydrogens is 310 g/mol. The number of sulfone groups is 1. The van der Waals surface area contributed by atoms with Gasteiger partial charge in [-0.25, -0.2) is 8.42 Å². The first-order valence-corrected chi connectivity index (χ1v) is 8.45. The molecule has 0 heterocycles. The minimum absolute atomic E-state index is 0.108. The van der Waals surface area contributed by atoms with E-state index in [4.69, 9.17) is 22.1 Å². The number of benzene rings is 2. The van der Waals surface area contributed by atoms with Crippen molar-refractivity contribution in [1.29, 1.82) is 0 Å². The molecule has 2 rings (SSSR count). The molecule has 0 saturated heterocycles. The Morgan fingerprint density at radius 3 is 2.57 bits per heavy atom. The molecule has 0 fully saturated rings. The quantitative estimate of drug-likeness (QED) is 0.856. The van der Waals surface area contributed by atoms with Crippen LogP contribution in [0.25, 0.3) is 0 Å². The van der Waals surface area contributed by atoms with E-state index in [0.717, 1.165) is 0 Å². The van der Waals surface area contributed by atoms with Gasteiger partial charge >= 0.3 is 0 Å². The average Bonchev–Trinajstić information content (AvgIpc) is 2.42. The van der Waals surface area contributed by atoms with Crippen molar-refractivity contribution in [2.24, 2.45) is 0 Å². The number of nitrogen functional groups attached to an aromatic ring is 1. The highest BCUT2D eigenvalue weighted by Crippen LogP contribution is 2.29. The molecule has 0 atom stereocenters. The summed E-state index contributed by atoms with van der Waals surface area (Å²) in [7, 11) is -3.57. The highest BCUT2D eigenvalue weighted by molar-refractivity contribution is 7.90. The SMILES string of the molecule is CCOc1ccc(N)cc1CS(=O)(=O)c1ccccc1Cl. The van der Waals surface area contributed by atoms with Crippen molar-refractivity contribution < 1.29 is 13.2 Å². The van der Waals surface area contributed by atoms with Crippen molar-refractivity contribution >= 4 is 27.1 Å². The lowest BCUT2D eigenvalue weighted by molar-refractivity contribution is 0.337. The van der Waals surface area contributed by atoms with E-state index < -0.39 is 9.84 Å². The molecule has 0 radical (unpaired) electrons. The van der Waals surface area contributed by atoms with E-state index in [1.807, 2.05) is 6.92 Å². The molecule has 4 nitrogen and oxygen atoms in total. The van der Waals surface area contributed by atoms with E-state index in [0.29, 0.717) is 23.6 Å². The molecule has 0 unspecified atom stereocenters. The van der Waals surface area contributed by atoms with Crippen LogP contribution in [0.4, 0.5) is 5.69 Å². The van der Waals surface area contributed by atoms with E-state index in [1.54, 1.807) is 36.4 Å². The molecule has 0 aromatic heterocycles. The second kappa shape index (κ2) is 6.37. The van der Waals surface area contributed by atoms with Crippen molar-refractivity contribution in [3.05, 3.63) is 53.1 Å². The van der Waals surface area contributed by atoms with Crippen LogP contribution in [0.1, 0.15) is 12.5 Å². The number of rotatable bonds is 5. The van der Waals surface area contributed by atoms with E-state index in [9.17, 15) is 8.42 Å². The van der Waals surface area contributed by atoms with Gasteiger partial charge in [0, 0.05) is 11.3 Å².